The van der Waals surface area contributed by atoms with Crippen LogP contribution in [0.1, 0.15) is 23.2 Å². The van der Waals surface area contributed by atoms with Crippen molar-refractivity contribution in [3.05, 3.63) is 48.2 Å². The molecule has 1 saturated carbocycles. The van der Waals surface area contributed by atoms with Crippen LogP contribution in [0, 0.1) is 5.92 Å². The van der Waals surface area contributed by atoms with Gasteiger partial charge in [0.25, 0.3) is 0 Å². The van der Waals surface area contributed by atoms with Gasteiger partial charge >= 0.3 is 5.97 Å². The second-order valence-electron chi connectivity index (χ2n) is 5.39. The van der Waals surface area contributed by atoms with Crippen LogP contribution in [0.25, 0.3) is 0 Å². The molecule has 0 saturated heterocycles. The molecule has 3 rings (SSSR count). The number of hydrogen-bond acceptors (Lipinski definition) is 5. The van der Waals surface area contributed by atoms with E-state index < -0.39 is 0 Å². The first-order chi connectivity index (χ1) is 11.2. The number of esters is 1. The van der Waals surface area contributed by atoms with Gasteiger partial charge in [0.05, 0.1) is 24.6 Å². The maximum atomic E-state index is 11.7. The first-order valence-corrected chi connectivity index (χ1v) is 7.38. The van der Waals surface area contributed by atoms with E-state index in [0.29, 0.717) is 17.1 Å². The lowest BCUT2D eigenvalue weighted by Crippen LogP contribution is -2.13. The van der Waals surface area contributed by atoms with Crippen molar-refractivity contribution in [3.63, 3.8) is 0 Å². The summed E-state index contributed by atoms with van der Waals surface area (Å²) in [5, 5.41) is 5.94. The number of aromatic nitrogens is 1. The first kappa shape index (κ1) is 15.0. The van der Waals surface area contributed by atoms with E-state index in [4.69, 9.17) is 4.74 Å². The van der Waals surface area contributed by atoms with E-state index in [0.717, 1.165) is 18.5 Å². The molecule has 0 radical (unpaired) electrons. The molecule has 1 amide bonds. The predicted octanol–water partition coefficient (Wildman–Crippen LogP) is 2.96. The molecule has 2 aromatic rings. The summed E-state index contributed by atoms with van der Waals surface area (Å²) in [6, 6.07) is 10.5. The summed E-state index contributed by atoms with van der Waals surface area (Å²) in [6.45, 7) is 0. The number of ether oxygens (including phenoxy) is 1. The smallest absolute Gasteiger partial charge is 0.337 e. The van der Waals surface area contributed by atoms with Gasteiger partial charge in [-0.05, 0) is 43.2 Å². The van der Waals surface area contributed by atoms with Gasteiger partial charge in [0, 0.05) is 11.6 Å². The summed E-state index contributed by atoms with van der Waals surface area (Å²) < 4.78 is 4.70. The van der Waals surface area contributed by atoms with Crippen molar-refractivity contribution >= 4 is 29.1 Å². The predicted molar refractivity (Wildman–Crippen MR) is 86.7 cm³/mol. The molecule has 1 aliphatic rings. The van der Waals surface area contributed by atoms with Gasteiger partial charge in [-0.15, -0.1) is 0 Å². The minimum absolute atomic E-state index is 0.0540. The zero-order valence-electron chi connectivity index (χ0n) is 12.7. The monoisotopic (exact) mass is 311 g/mol. The minimum atomic E-state index is -0.389. The van der Waals surface area contributed by atoms with Crippen LogP contribution >= 0.6 is 0 Å². The molecule has 1 heterocycles. The average Bonchev–Trinajstić information content (AvgIpc) is 3.41. The fourth-order valence-corrected chi connectivity index (χ4v) is 2.12. The number of benzene rings is 1. The third-order valence-corrected chi connectivity index (χ3v) is 3.54. The number of nitrogens with zero attached hydrogens (tertiary/aromatic N) is 1. The molecule has 6 nitrogen and oxygen atoms in total. The van der Waals surface area contributed by atoms with Gasteiger partial charge < -0.3 is 15.4 Å². The van der Waals surface area contributed by atoms with E-state index in [1.165, 1.54) is 7.11 Å². The molecule has 0 spiro atoms. The maximum Gasteiger partial charge on any atom is 0.337 e. The summed E-state index contributed by atoms with van der Waals surface area (Å²) in [5.74, 6) is 0.448. The number of carbonyl (C=O) groups is 2. The number of rotatable bonds is 5. The van der Waals surface area contributed by atoms with Gasteiger partial charge in [-0.2, -0.15) is 0 Å². The van der Waals surface area contributed by atoms with Gasteiger partial charge in [-0.25, -0.2) is 9.78 Å². The van der Waals surface area contributed by atoms with Crippen LogP contribution < -0.4 is 10.6 Å². The highest BCUT2D eigenvalue weighted by Crippen LogP contribution is 2.30. The van der Waals surface area contributed by atoms with Crippen LogP contribution in [0.2, 0.25) is 0 Å². The molecule has 23 heavy (non-hydrogen) atoms. The number of pyridine rings is 1. The Kier molecular flexibility index (Phi) is 4.23. The van der Waals surface area contributed by atoms with Gasteiger partial charge in [-0.1, -0.05) is 6.07 Å². The molecule has 1 fully saturated rings. The minimum Gasteiger partial charge on any atom is -0.465 e. The van der Waals surface area contributed by atoms with Gasteiger partial charge in [-0.3, -0.25) is 4.79 Å². The van der Waals surface area contributed by atoms with E-state index in [9.17, 15) is 9.59 Å². The maximum absolute atomic E-state index is 11.7. The summed E-state index contributed by atoms with van der Waals surface area (Å²) >= 11 is 0. The van der Waals surface area contributed by atoms with E-state index >= 15 is 0 Å². The fourth-order valence-electron chi connectivity index (χ4n) is 2.12. The van der Waals surface area contributed by atoms with Crippen molar-refractivity contribution in [2.75, 3.05) is 17.7 Å². The van der Waals surface area contributed by atoms with Crippen molar-refractivity contribution in [3.8, 4) is 0 Å². The van der Waals surface area contributed by atoms with Crippen molar-refractivity contribution < 1.29 is 14.3 Å². The van der Waals surface area contributed by atoms with Crippen LogP contribution in [0.3, 0.4) is 0 Å². The Labute approximate surface area is 133 Å². The topological polar surface area (TPSA) is 80.3 Å². The van der Waals surface area contributed by atoms with Gasteiger partial charge in [0.1, 0.15) is 5.82 Å². The van der Waals surface area contributed by atoms with E-state index in [2.05, 4.69) is 15.6 Å². The number of methoxy groups -OCH3 is 1. The first-order valence-electron chi connectivity index (χ1n) is 7.38. The Bertz CT molecular complexity index is 724. The molecule has 0 atom stereocenters. The molecule has 1 aromatic carbocycles. The molecule has 1 aromatic heterocycles. The van der Waals surface area contributed by atoms with Gasteiger partial charge in [0.2, 0.25) is 5.91 Å². The van der Waals surface area contributed by atoms with Crippen molar-refractivity contribution in [1.82, 2.24) is 4.98 Å². The molecule has 2 N–H and O–H groups in total. The van der Waals surface area contributed by atoms with Crippen molar-refractivity contribution in [2.45, 2.75) is 12.8 Å². The lowest BCUT2D eigenvalue weighted by atomic mass is 10.2. The Hall–Kier alpha value is -2.89. The Morgan fingerprint density at radius 3 is 2.65 bits per heavy atom. The Morgan fingerprint density at radius 1 is 1.17 bits per heavy atom. The Morgan fingerprint density at radius 2 is 2.00 bits per heavy atom. The highest BCUT2D eigenvalue weighted by molar-refractivity contribution is 5.94. The molecule has 6 heteroatoms. The summed E-state index contributed by atoms with van der Waals surface area (Å²) in [7, 11) is 1.35. The number of carbonyl (C=O) groups excluding carboxylic acids is 2. The molecular formula is C17H17N3O3. The van der Waals surface area contributed by atoms with Crippen LogP contribution in [0.5, 0.6) is 0 Å². The number of anilines is 3. The molecule has 0 aliphatic heterocycles. The molecule has 118 valence electrons. The lowest BCUT2D eigenvalue weighted by molar-refractivity contribution is -0.117. The molecule has 0 unspecified atom stereocenters. The third-order valence-electron chi connectivity index (χ3n) is 3.54. The zero-order chi connectivity index (χ0) is 16.2. The average molecular weight is 311 g/mol. The summed E-state index contributed by atoms with van der Waals surface area (Å²) in [5.41, 5.74) is 1.87. The van der Waals surface area contributed by atoms with Crippen molar-refractivity contribution in [1.29, 1.82) is 0 Å². The summed E-state index contributed by atoms with van der Waals surface area (Å²) in [4.78, 5) is 27.5. The second-order valence-corrected chi connectivity index (χ2v) is 5.39. The number of amides is 1. The zero-order valence-corrected chi connectivity index (χ0v) is 12.7. The largest absolute Gasteiger partial charge is 0.465 e. The van der Waals surface area contributed by atoms with Gasteiger partial charge in [0.15, 0.2) is 0 Å². The third kappa shape index (κ3) is 3.85. The normalized spacial score (nSPS) is 13.3. The molecule has 1 aliphatic carbocycles. The number of nitrogens with one attached hydrogen (secondary N) is 2. The van der Waals surface area contributed by atoms with E-state index in [-0.39, 0.29) is 17.8 Å². The highest BCUT2D eigenvalue weighted by atomic mass is 16.5. The fraction of sp³-hybridized carbons (Fsp3) is 0.235. The van der Waals surface area contributed by atoms with Crippen LogP contribution in [-0.2, 0) is 9.53 Å². The van der Waals surface area contributed by atoms with Crippen molar-refractivity contribution in [2.24, 2.45) is 5.92 Å². The van der Waals surface area contributed by atoms with Crippen LogP contribution in [-0.4, -0.2) is 24.0 Å². The Balaban J connectivity index is 1.65. The van der Waals surface area contributed by atoms with E-state index in [1.807, 2.05) is 6.07 Å². The molecule has 0 bridgehead atoms. The van der Waals surface area contributed by atoms with E-state index in [1.54, 1.807) is 36.5 Å². The number of hydrogen-bond donors (Lipinski definition) is 2. The second kappa shape index (κ2) is 6.48. The molecular weight excluding hydrogens is 294 g/mol. The SMILES string of the molecule is COC(=O)c1cccc(Nc2ccc(NC(=O)C3CC3)cn2)c1. The lowest BCUT2D eigenvalue weighted by Gasteiger charge is -2.08. The standard InChI is InChI=1S/C17H17N3O3/c1-23-17(22)12-3-2-4-13(9-12)19-15-8-7-14(10-18-15)20-16(21)11-5-6-11/h2-4,7-11H,5-6H2,1H3,(H,18,19)(H,20,21). The van der Waals surface area contributed by atoms with Crippen LogP contribution in [0.15, 0.2) is 42.6 Å². The highest BCUT2D eigenvalue weighted by Gasteiger charge is 2.29. The summed E-state index contributed by atoms with van der Waals surface area (Å²) in [6.07, 6.45) is 3.54. The quantitative estimate of drug-likeness (QED) is 0.830. The van der Waals surface area contributed by atoms with Crippen LogP contribution in [0.4, 0.5) is 17.2 Å².